The Bertz CT molecular complexity index is 1150. The summed E-state index contributed by atoms with van der Waals surface area (Å²) in [6, 6.07) is 20.8. The Balaban J connectivity index is 1.39. The Morgan fingerprint density at radius 3 is 2.40 bits per heavy atom. The number of piperazine rings is 1. The summed E-state index contributed by atoms with van der Waals surface area (Å²) in [4.78, 5) is 9.29. The molecule has 1 fully saturated rings. The zero-order chi connectivity index (χ0) is 20.5. The highest BCUT2D eigenvalue weighted by Gasteiger charge is 2.15. The average Bonchev–Trinajstić information content (AvgIpc) is 3.11. The second-order valence-electron chi connectivity index (χ2n) is 7.58. The maximum atomic E-state index is 4.74. The van der Waals surface area contributed by atoms with Crippen molar-refractivity contribution in [3.63, 3.8) is 0 Å². The number of nitrogens with zero attached hydrogens (tertiary/aromatic N) is 5. The zero-order valence-electron chi connectivity index (χ0n) is 16.8. The fourth-order valence-electron chi connectivity index (χ4n) is 3.77. The van der Waals surface area contributed by atoms with Crippen LogP contribution in [0.5, 0.6) is 0 Å². The molecule has 3 heterocycles. The van der Waals surface area contributed by atoms with Crippen LogP contribution in [0.2, 0.25) is 0 Å². The Morgan fingerprint density at radius 1 is 0.933 bits per heavy atom. The fraction of sp³-hybridized carbons (Fsp3) is 0.217. The monoisotopic (exact) mass is 462 g/mol. The van der Waals surface area contributed by atoms with Crippen LogP contribution in [-0.2, 0) is 0 Å². The first-order chi connectivity index (χ1) is 14.7. The maximum Gasteiger partial charge on any atom is 0.245 e. The molecule has 2 aromatic heterocycles. The molecule has 6 nitrogen and oxygen atoms in total. The molecular formula is C23H23BrN6. The van der Waals surface area contributed by atoms with E-state index in [0.29, 0.717) is 5.95 Å². The first-order valence-electron chi connectivity index (χ1n) is 10.1. The van der Waals surface area contributed by atoms with Crippen molar-refractivity contribution in [1.82, 2.24) is 19.5 Å². The highest BCUT2D eigenvalue weighted by Crippen LogP contribution is 2.29. The number of likely N-dealkylation sites (N-methyl/N-ethyl adjacent to an activating group) is 1. The van der Waals surface area contributed by atoms with E-state index < -0.39 is 0 Å². The summed E-state index contributed by atoms with van der Waals surface area (Å²) in [5.74, 6) is 0.565. The summed E-state index contributed by atoms with van der Waals surface area (Å²) in [7, 11) is 2.17. The molecule has 0 spiro atoms. The van der Waals surface area contributed by atoms with E-state index in [4.69, 9.17) is 5.10 Å². The number of hydrogen-bond donors (Lipinski definition) is 1. The molecule has 0 saturated carbocycles. The third-order valence-electron chi connectivity index (χ3n) is 5.53. The molecule has 1 aliphatic rings. The number of anilines is 3. The van der Waals surface area contributed by atoms with Crippen LogP contribution in [0.4, 0.5) is 17.3 Å². The minimum absolute atomic E-state index is 0.565. The van der Waals surface area contributed by atoms with E-state index in [2.05, 4.69) is 85.5 Å². The molecule has 30 heavy (non-hydrogen) atoms. The van der Waals surface area contributed by atoms with E-state index in [-0.39, 0.29) is 0 Å². The summed E-state index contributed by atoms with van der Waals surface area (Å²) < 4.78 is 2.90. The zero-order valence-corrected chi connectivity index (χ0v) is 18.4. The molecule has 0 amide bonds. The molecule has 5 rings (SSSR count). The predicted octanol–water partition coefficient (Wildman–Crippen LogP) is 4.65. The van der Waals surface area contributed by atoms with Crippen molar-refractivity contribution < 1.29 is 0 Å². The van der Waals surface area contributed by atoms with Gasteiger partial charge in [0.25, 0.3) is 0 Å². The van der Waals surface area contributed by atoms with Crippen molar-refractivity contribution in [1.29, 1.82) is 0 Å². The molecule has 1 saturated heterocycles. The van der Waals surface area contributed by atoms with Gasteiger partial charge in [0, 0.05) is 47.6 Å². The highest BCUT2D eigenvalue weighted by molar-refractivity contribution is 9.10. The summed E-state index contributed by atoms with van der Waals surface area (Å²) in [5.41, 5.74) is 5.29. The molecule has 4 aromatic rings. The largest absolute Gasteiger partial charge is 0.369 e. The minimum Gasteiger partial charge on any atom is -0.369 e. The Labute approximate surface area is 184 Å². The van der Waals surface area contributed by atoms with Crippen molar-refractivity contribution in [3.8, 4) is 11.3 Å². The first-order valence-corrected chi connectivity index (χ1v) is 10.9. The van der Waals surface area contributed by atoms with Crippen LogP contribution in [-0.4, -0.2) is 52.7 Å². The number of fused-ring (bicyclic) bond motifs is 1. The quantitative estimate of drug-likeness (QED) is 0.478. The SMILES string of the molecule is CN1CCN(c2ccc(Nc3ncc4c(Br)cc(-c5ccccc5)n4n3)cc2)CC1. The maximum absolute atomic E-state index is 4.74. The number of benzene rings is 2. The first kappa shape index (κ1) is 19.1. The lowest BCUT2D eigenvalue weighted by molar-refractivity contribution is 0.313. The smallest absolute Gasteiger partial charge is 0.245 e. The Kier molecular flexibility index (Phi) is 5.14. The summed E-state index contributed by atoms with van der Waals surface area (Å²) in [5, 5.41) is 8.07. The topological polar surface area (TPSA) is 48.7 Å². The average molecular weight is 463 g/mol. The predicted molar refractivity (Wildman–Crippen MR) is 126 cm³/mol. The van der Waals surface area contributed by atoms with E-state index in [1.54, 1.807) is 0 Å². The van der Waals surface area contributed by atoms with Gasteiger partial charge in [-0.3, -0.25) is 0 Å². The molecule has 152 valence electrons. The summed E-state index contributed by atoms with van der Waals surface area (Å²) in [6.07, 6.45) is 1.84. The van der Waals surface area contributed by atoms with E-state index >= 15 is 0 Å². The van der Waals surface area contributed by atoms with Gasteiger partial charge in [0.15, 0.2) is 0 Å². The lowest BCUT2D eigenvalue weighted by Crippen LogP contribution is -2.44. The van der Waals surface area contributed by atoms with Crippen molar-refractivity contribution in [2.75, 3.05) is 43.4 Å². The van der Waals surface area contributed by atoms with Gasteiger partial charge < -0.3 is 15.1 Å². The number of nitrogens with one attached hydrogen (secondary N) is 1. The second kappa shape index (κ2) is 8.08. The van der Waals surface area contributed by atoms with Crippen molar-refractivity contribution >= 4 is 38.8 Å². The molecule has 1 aliphatic heterocycles. The van der Waals surface area contributed by atoms with Crippen LogP contribution < -0.4 is 10.2 Å². The number of aromatic nitrogens is 3. The lowest BCUT2D eigenvalue weighted by atomic mass is 10.2. The Hall–Kier alpha value is -2.90. The molecule has 2 aromatic carbocycles. The molecule has 1 N–H and O–H groups in total. The van der Waals surface area contributed by atoms with Gasteiger partial charge >= 0.3 is 0 Å². The van der Waals surface area contributed by atoms with Crippen molar-refractivity contribution in [2.45, 2.75) is 0 Å². The molecule has 0 radical (unpaired) electrons. The highest BCUT2D eigenvalue weighted by atomic mass is 79.9. The third-order valence-corrected chi connectivity index (χ3v) is 6.16. The van der Waals surface area contributed by atoms with Gasteiger partial charge in [-0.05, 0) is 53.3 Å². The fourth-order valence-corrected chi connectivity index (χ4v) is 4.26. The summed E-state index contributed by atoms with van der Waals surface area (Å²) >= 11 is 3.63. The van der Waals surface area contributed by atoms with E-state index in [1.165, 1.54) is 5.69 Å². The molecule has 0 atom stereocenters. The minimum atomic E-state index is 0.565. The molecular weight excluding hydrogens is 440 g/mol. The lowest BCUT2D eigenvalue weighted by Gasteiger charge is -2.34. The van der Waals surface area contributed by atoms with E-state index in [9.17, 15) is 0 Å². The third kappa shape index (κ3) is 3.78. The normalized spacial score (nSPS) is 14.9. The number of rotatable bonds is 4. The number of halogens is 1. The Morgan fingerprint density at radius 2 is 1.67 bits per heavy atom. The second-order valence-corrected chi connectivity index (χ2v) is 8.44. The molecule has 0 aliphatic carbocycles. The number of hydrogen-bond acceptors (Lipinski definition) is 5. The van der Waals surface area contributed by atoms with Gasteiger partial charge in [0.2, 0.25) is 5.95 Å². The van der Waals surface area contributed by atoms with Crippen molar-refractivity contribution in [3.05, 3.63) is 71.3 Å². The van der Waals surface area contributed by atoms with Crippen LogP contribution in [0, 0.1) is 0 Å². The van der Waals surface area contributed by atoms with Gasteiger partial charge in [0.05, 0.1) is 17.4 Å². The van der Waals surface area contributed by atoms with Gasteiger partial charge in [0.1, 0.15) is 0 Å². The molecule has 0 bridgehead atoms. The van der Waals surface area contributed by atoms with Gasteiger partial charge in [-0.25, -0.2) is 9.50 Å². The van der Waals surface area contributed by atoms with Crippen LogP contribution >= 0.6 is 15.9 Å². The van der Waals surface area contributed by atoms with Crippen LogP contribution in [0.1, 0.15) is 0 Å². The van der Waals surface area contributed by atoms with Gasteiger partial charge in [-0.15, -0.1) is 5.10 Å². The van der Waals surface area contributed by atoms with E-state index in [0.717, 1.165) is 53.1 Å². The van der Waals surface area contributed by atoms with Gasteiger partial charge in [-0.1, -0.05) is 30.3 Å². The van der Waals surface area contributed by atoms with Crippen LogP contribution in [0.3, 0.4) is 0 Å². The van der Waals surface area contributed by atoms with Crippen LogP contribution in [0.25, 0.3) is 16.8 Å². The van der Waals surface area contributed by atoms with Crippen LogP contribution in [0.15, 0.2) is 71.3 Å². The van der Waals surface area contributed by atoms with Crippen molar-refractivity contribution in [2.24, 2.45) is 0 Å². The molecule has 7 heteroatoms. The van der Waals surface area contributed by atoms with Gasteiger partial charge in [-0.2, -0.15) is 0 Å². The molecule has 0 unspecified atom stereocenters. The summed E-state index contributed by atoms with van der Waals surface area (Å²) in [6.45, 7) is 4.33. The van der Waals surface area contributed by atoms with E-state index in [1.807, 2.05) is 28.9 Å². The standard InChI is InChI=1S/C23H23BrN6/c1-28-11-13-29(14-12-28)19-9-7-18(8-10-19)26-23-25-16-22-20(24)15-21(30(22)27-23)17-5-3-2-4-6-17/h2-10,15-16H,11-14H2,1H3,(H,26,27).